The SMILES string of the molecule is O=C(O)c1nncn1-c1ccc(F)cc1. The first-order chi connectivity index (χ1) is 7.18. The van der Waals surface area contributed by atoms with Gasteiger partial charge >= 0.3 is 5.97 Å². The van der Waals surface area contributed by atoms with Crippen LogP contribution in [0.15, 0.2) is 30.6 Å². The van der Waals surface area contributed by atoms with E-state index in [0.717, 1.165) is 0 Å². The molecule has 5 nitrogen and oxygen atoms in total. The fraction of sp³-hybridized carbons (Fsp3) is 0. The van der Waals surface area contributed by atoms with Gasteiger partial charge in [-0.3, -0.25) is 4.57 Å². The zero-order chi connectivity index (χ0) is 10.8. The highest BCUT2D eigenvalue weighted by Gasteiger charge is 2.13. The zero-order valence-corrected chi connectivity index (χ0v) is 7.46. The molecule has 0 saturated heterocycles. The summed E-state index contributed by atoms with van der Waals surface area (Å²) in [5.74, 6) is -1.78. The van der Waals surface area contributed by atoms with E-state index in [1.54, 1.807) is 0 Å². The van der Waals surface area contributed by atoms with E-state index in [9.17, 15) is 9.18 Å². The first kappa shape index (κ1) is 9.32. The van der Waals surface area contributed by atoms with Crippen LogP contribution in [-0.4, -0.2) is 25.8 Å². The van der Waals surface area contributed by atoms with Crippen molar-refractivity contribution in [3.8, 4) is 5.69 Å². The molecule has 1 heterocycles. The largest absolute Gasteiger partial charge is 0.475 e. The Labute approximate surface area is 83.8 Å². The van der Waals surface area contributed by atoms with Crippen molar-refractivity contribution in [3.63, 3.8) is 0 Å². The van der Waals surface area contributed by atoms with Crippen LogP contribution in [0, 0.1) is 5.82 Å². The van der Waals surface area contributed by atoms with Crippen LogP contribution < -0.4 is 0 Å². The highest BCUT2D eigenvalue weighted by molar-refractivity contribution is 5.84. The van der Waals surface area contributed by atoms with E-state index in [1.165, 1.54) is 35.2 Å². The summed E-state index contributed by atoms with van der Waals surface area (Å²) in [6.07, 6.45) is 1.26. The average Bonchev–Trinajstić information content (AvgIpc) is 2.67. The molecule has 1 N–H and O–H groups in total. The van der Waals surface area contributed by atoms with E-state index in [0.29, 0.717) is 5.69 Å². The van der Waals surface area contributed by atoms with Gasteiger partial charge < -0.3 is 5.11 Å². The van der Waals surface area contributed by atoms with Gasteiger partial charge in [0.15, 0.2) is 0 Å². The van der Waals surface area contributed by atoms with Crippen LogP contribution in [0.25, 0.3) is 5.69 Å². The molecule has 76 valence electrons. The Morgan fingerprint density at radius 2 is 2.00 bits per heavy atom. The van der Waals surface area contributed by atoms with Gasteiger partial charge in [0.1, 0.15) is 12.1 Å². The summed E-state index contributed by atoms with van der Waals surface area (Å²) in [5, 5.41) is 15.7. The summed E-state index contributed by atoms with van der Waals surface area (Å²) < 4.78 is 13.9. The average molecular weight is 207 g/mol. The van der Waals surface area contributed by atoms with Gasteiger partial charge in [-0.2, -0.15) is 0 Å². The van der Waals surface area contributed by atoms with Crippen LogP contribution in [0.2, 0.25) is 0 Å². The molecule has 0 radical (unpaired) electrons. The van der Waals surface area contributed by atoms with Crippen molar-refractivity contribution in [2.45, 2.75) is 0 Å². The smallest absolute Gasteiger partial charge is 0.374 e. The van der Waals surface area contributed by atoms with Gasteiger partial charge in [-0.15, -0.1) is 10.2 Å². The predicted molar refractivity (Wildman–Crippen MR) is 48.3 cm³/mol. The number of carboxylic acids is 1. The lowest BCUT2D eigenvalue weighted by atomic mass is 10.3. The second-order valence-electron chi connectivity index (χ2n) is 2.81. The van der Waals surface area contributed by atoms with Crippen molar-refractivity contribution >= 4 is 5.97 Å². The minimum atomic E-state index is -1.18. The molecule has 0 amide bonds. The number of aromatic nitrogens is 3. The molecule has 0 unspecified atom stereocenters. The van der Waals surface area contributed by atoms with E-state index in [1.807, 2.05) is 0 Å². The zero-order valence-electron chi connectivity index (χ0n) is 7.46. The molecule has 0 atom stereocenters. The number of nitrogens with zero attached hydrogens (tertiary/aromatic N) is 3. The number of aromatic carboxylic acids is 1. The third-order valence-corrected chi connectivity index (χ3v) is 1.84. The van der Waals surface area contributed by atoms with Gasteiger partial charge in [-0.1, -0.05) is 0 Å². The summed E-state index contributed by atoms with van der Waals surface area (Å²) in [4.78, 5) is 10.7. The van der Waals surface area contributed by atoms with E-state index >= 15 is 0 Å². The van der Waals surface area contributed by atoms with Crippen molar-refractivity contribution in [1.82, 2.24) is 14.8 Å². The Bertz CT molecular complexity index is 492. The van der Waals surface area contributed by atoms with Crippen molar-refractivity contribution in [2.75, 3.05) is 0 Å². The maximum Gasteiger partial charge on any atom is 0.374 e. The molecule has 0 bridgehead atoms. The Kier molecular flexibility index (Phi) is 2.17. The Balaban J connectivity index is 2.49. The fourth-order valence-corrected chi connectivity index (χ4v) is 1.17. The van der Waals surface area contributed by atoms with E-state index in [-0.39, 0.29) is 11.6 Å². The lowest BCUT2D eigenvalue weighted by Crippen LogP contribution is -2.07. The number of halogens is 1. The van der Waals surface area contributed by atoms with Gasteiger partial charge in [0.05, 0.1) is 0 Å². The highest BCUT2D eigenvalue weighted by Crippen LogP contribution is 2.10. The van der Waals surface area contributed by atoms with Crippen LogP contribution in [0.5, 0.6) is 0 Å². The molecular weight excluding hydrogens is 201 g/mol. The Morgan fingerprint density at radius 3 is 2.60 bits per heavy atom. The van der Waals surface area contributed by atoms with Crippen LogP contribution in [0.4, 0.5) is 4.39 Å². The quantitative estimate of drug-likeness (QED) is 0.800. The molecule has 0 aliphatic rings. The van der Waals surface area contributed by atoms with E-state index < -0.39 is 5.97 Å². The lowest BCUT2D eigenvalue weighted by molar-refractivity contribution is 0.0681. The lowest BCUT2D eigenvalue weighted by Gasteiger charge is -2.02. The van der Waals surface area contributed by atoms with Crippen LogP contribution in [-0.2, 0) is 0 Å². The molecule has 1 aromatic heterocycles. The Morgan fingerprint density at radius 1 is 1.33 bits per heavy atom. The topological polar surface area (TPSA) is 68.0 Å². The molecule has 0 aliphatic carbocycles. The summed E-state index contributed by atoms with van der Waals surface area (Å²) in [7, 11) is 0. The predicted octanol–water partition coefficient (Wildman–Crippen LogP) is 1.10. The number of rotatable bonds is 2. The molecule has 1 aromatic carbocycles. The molecule has 0 fully saturated rings. The molecule has 15 heavy (non-hydrogen) atoms. The standard InChI is InChI=1S/C9H6FN3O2/c10-6-1-3-7(4-2-6)13-5-11-12-8(13)9(14)15/h1-5H,(H,14,15). The summed E-state index contributed by atoms with van der Waals surface area (Å²) >= 11 is 0. The number of benzene rings is 1. The number of hydrogen-bond acceptors (Lipinski definition) is 3. The van der Waals surface area contributed by atoms with Crippen LogP contribution in [0.3, 0.4) is 0 Å². The molecule has 2 rings (SSSR count). The van der Waals surface area contributed by atoms with Gasteiger partial charge in [-0.25, -0.2) is 9.18 Å². The van der Waals surface area contributed by atoms with Gasteiger partial charge in [0, 0.05) is 5.69 Å². The molecular formula is C9H6FN3O2. The van der Waals surface area contributed by atoms with E-state index in [2.05, 4.69) is 10.2 Å². The molecule has 6 heteroatoms. The van der Waals surface area contributed by atoms with Crippen molar-refractivity contribution in [3.05, 3.63) is 42.2 Å². The van der Waals surface area contributed by atoms with Crippen LogP contribution in [0.1, 0.15) is 10.6 Å². The summed E-state index contributed by atoms with van der Waals surface area (Å²) in [5.41, 5.74) is 0.499. The van der Waals surface area contributed by atoms with E-state index in [4.69, 9.17) is 5.11 Å². The van der Waals surface area contributed by atoms with Gasteiger partial charge in [0.2, 0.25) is 5.82 Å². The summed E-state index contributed by atoms with van der Waals surface area (Å²) in [6, 6.07) is 5.37. The first-order valence-electron chi connectivity index (χ1n) is 4.08. The monoisotopic (exact) mass is 207 g/mol. The van der Waals surface area contributed by atoms with Crippen molar-refractivity contribution in [1.29, 1.82) is 0 Å². The Hall–Kier alpha value is -2.24. The van der Waals surface area contributed by atoms with Gasteiger partial charge in [0.25, 0.3) is 0 Å². The molecule has 0 aliphatic heterocycles. The molecule has 0 saturated carbocycles. The third-order valence-electron chi connectivity index (χ3n) is 1.84. The van der Waals surface area contributed by atoms with Crippen molar-refractivity contribution < 1.29 is 14.3 Å². The second-order valence-corrected chi connectivity index (χ2v) is 2.81. The van der Waals surface area contributed by atoms with Gasteiger partial charge in [-0.05, 0) is 24.3 Å². The maximum absolute atomic E-state index is 12.6. The van der Waals surface area contributed by atoms with Crippen molar-refractivity contribution in [2.24, 2.45) is 0 Å². The maximum atomic E-state index is 12.6. The minimum Gasteiger partial charge on any atom is -0.475 e. The molecule has 2 aromatic rings. The second kappa shape index (κ2) is 3.49. The highest BCUT2D eigenvalue weighted by atomic mass is 19.1. The third kappa shape index (κ3) is 1.69. The summed E-state index contributed by atoms with van der Waals surface area (Å²) in [6.45, 7) is 0. The molecule has 0 spiro atoms. The fourth-order valence-electron chi connectivity index (χ4n) is 1.17. The normalized spacial score (nSPS) is 10.2. The number of carbonyl (C=O) groups is 1. The number of hydrogen-bond donors (Lipinski definition) is 1. The minimum absolute atomic E-state index is 0.207. The first-order valence-corrected chi connectivity index (χ1v) is 4.08. The van der Waals surface area contributed by atoms with Crippen LogP contribution >= 0.6 is 0 Å². The number of carboxylic acid groups (broad SMARTS) is 1.